The van der Waals surface area contributed by atoms with Crippen molar-refractivity contribution >= 4 is 21.5 Å². The minimum absolute atomic E-state index is 0.104. The molecule has 3 rings (SSSR count). The molecule has 0 saturated carbocycles. The summed E-state index contributed by atoms with van der Waals surface area (Å²) >= 11 is 0. The second-order valence-electron chi connectivity index (χ2n) is 4.57. The third-order valence-corrected chi connectivity index (χ3v) is 4.44. The van der Waals surface area contributed by atoms with Crippen LogP contribution in [-0.4, -0.2) is 40.5 Å². The third-order valence-electron chi connectivity index (χ3n) is 3.04. The zero-order valence-corrected chi connectivity index (χ0v) is 11.5. The highest BCUT2D eigenvalue weighted by molar-refractivity contribution is 7.94. The molecule has 1 N–H and O–H groups in total. The molecular weight excluding hydrogens is 280 g/mol. The molecule has 1 unspecified atom stereocenters. The van der Waals surface area contributed by atoms with Crippen LogP contribution in [0, 0.1) is 6.92 Å². The molecule has 7 nitrogen and oxygen atoms in total. The van der Waals surface area contributed by atoms with Gasteiger partial charge in [0.25, 0.3) is 5.91 Å². The molecule has 2 aromatic heterocycles. The highest BCUT2D eigenvalue weighted by Crippen LogP contribution is 2.12. The van der Waals surface area contributed by atoms with Crippen LogP contribution in [0.25, 0.3) is 5.78 Å². The van der Waals surface area contributed by atoms with Crippen LogP contribution in [0.3, 0.4) is 0 Å². The maximum atomic E-state index is 12.3. The number of nitrogens with one attached hydrogen (secondary N) is 1. The van der Waals surface area contributed by atoms with E-state index >= 15 is 0 Å². The molecule has 0 radical (unpaired) electrons. The van der Waals surface area contributed by atoms with Gasteiger partial charge in [-0.1, -0.05) is 0 Å². The summed E-state index contributed by atoms with van der Waals surface area (Å²) < 4.78 is 24.2. The lowest BCUT2D eigenvalue weighted by atomic mass is 10.3. The van der Waals surface area contributed by atoms with Crippen LogP contribution in [0.15, 0.2) is 29.9 Å². The maximum absolute atomic E-state index is 12.3. The first-order valence-corrected chi connectivity index (χ1v) is 7.69. The predicted molar refractivity (Wildman–Crippen MR) is 71.9 cm³/mol. The van der Waals surface area contributed by atoms with E-state index in [-0.39, 0.29) is 11.7 Å². The van der Waals surface area contributed by atoms with E-state index < -0.39 is 15.9 Å². The Morgan fingerprint density at radius 1 is 1.50 bits per heavy atom. The number of amides is 1. The molecule has 0 spiro atoms. The summed E-state index contributed by atoms with van der Waals surface area (Å²) in [6.45, 7) is 1.71. The van der Waals surface area contributed by atoms with E-state index in [1.807, 2.05) is 0 Å². The number of carbonyl (C=O) groups is 1. The second kappa shape index (κ2) is 4.41. The van der Waals surface area contributed by atoms with Gasteiger partial charge in [-0.05, 0) is 19.1 Å². The average Bonchev–Trinajstić information content (AvgIpc) is 2.88. The summed E-state index contributed by atoms with van der Waals surface area (Å²) in [4.78, 5) is 20.5. The highest BCUT2D eigenvalue weighted by atomic mass is 32.2. The van der Waals surface area contributed by atoms with Crippen LogP contribution in [0.4, 0.5) is 0 Å². The van der Waals surface area contributed by atoms with Crippen LogP contribution in [-0.2, 0) is 9.84 Å². The Kier molecular flexibility index (Phi) is 2.82. The van der Waals surface area contributed by atoms with E-state index in [1.165, 1.54) is 6.08 Å². The van der Waals surface area contributed by atoms with Crippen LogP contribution in [0.2, 0.25) is 0 Å². The molecular formula is C12H12N4O3S. The van der Waals surface area contributed by atoms with Crippen molar-refractivity contribution in [2.75, 3.05) is 5.75 Å². The van der Waals surface area contributed by atoms with Crippen molar-refractivity contribution in [3.8, 4) is 0 Å². The summed E-state index contributed by atoms with van der Waals surface area (Å²) in [6.07, 6.45) is 4.76. The third kappa shape index (κ3) is 2.18. The Morgan fingerprint density at radius 2 is 2.30 bits per heavy atom. The molecule has 1 amide bonds. The molecule has 20 heavy (non-hydrogen) atoms. The lowest BCUT2D eigenvalue weighted by Gasteiger charge is -2.10. The monoisotopic (exact) mass is 292 g/mol. The number of hydrogen-bond acceptors (Lipinski definition) is 5. The van der Waals surface area contributed by atoms with Crippen LogP contribution < -0.4 is 5.32 Å². The number of nitrogens with zero attached hydrogens (tertiary/aromatic N) is 3. The van der Waals surface area contributed by atoms with E-state index in [0.29, 0.717) is 17.2 Å². The molecule has 0 fully saturated rings. The number of sulfone groups is 1. The van der Waals surface area contributed by atoms with Crippen molar-refractivity contribution in [2.24, 2.45) is 0 Å². The molecule has 3 heterocycles. The SMILES string of the molecule is Cc1nc2ncccn2c1C(=O)NC1C=CS(=O)(=O)C1. The fraction of sp³-hybridized carbons (Fsp3) is 0.250. The van der Waals surface area contributed by atoms with Crippen molar-refractivity contribution in [3.63, 3.8) is 0 Å². The van der Waals surface area contributed by atoms with Gasteiger partial charge in [0.15, 0.2) is 9.84 Å². The average molecular weight is 292 g/mol. The standard InChI is InChI=1S/C12H12N4O3S/c1-8-10(16-5-2-4-13-12(16)14-8)11(17)15-9-3-6-20(18,19)7-9/h2-6,9H,7H2,1H3,(H,15,17). The number of imidazole rings is 1. The summed E-state index contributed by atoms with van der Waals surface area (Å²) in [5, 5.41) is 3.80. The first-order valence-electron chi connectivity index (χ1n) is 5.98. The summed E-state index contributed by atoms with van der Waals surface area (Å²) in [7, 11) is -3.19. The molecule has 104 valence electrons. The highest BCUT2D eigenvalue weighted by Gasteiger charge is 2.25. The van der Waals surface area contributed by atoms with Gasteiger partial charge in [-0.25, -0.2) is 18.4 Å². The smallest absolute Gasteiger partial charge is 0.270 e. The van der Waals surface area contributed by atoms with Crippen LogP contribution in [0.5, 0.6) is 0 Å². The molecule has 0 aliphatic carbocycles. The van der Waals surface area contributed by atoms with E-state index in [1.54, 1.807) is 29.8 Å². The van der Waals surface area contributed by atoms with Crippen molar-refractivity contribution in [3.05, 3.63) is 41.3 Å². The van der Waals surface area contributed by atoms with Gasteiger partial charge >= 0.3 is 0 Å². The van der Waals surface area contributed by atoms with Crippen LogP contribution >= 0.6 is 0 Å². The number of aryl methyl sites for hydroxylation is 1. The van der Waals surface area contributed by atoms with Gasteiger partial charge in [0.1, 0.15) is 5.69 Å². The fourth-order valence-electron chi connectivity index (χ4n) is 2.17. The normalized spacial score (nSPS) is 20.4. The minimum Gasteiger partial charge on any atom is -0.343 e. The van der Waals surface area contributed by atoms with Crippen LogP contribution in [0.1, 0.15) is 16.2 Å². The molecule has 0 aromatic carbocycles. The van der Waals surface area contributed by atoms with Crippen molar-refractivity contribution in [2.45, 2.75) is 13.0 Å². The van der Waals surface area contributed by atoms with E-state index in [4.69, 9.17) is 0 Å². The van der Waals surface area contributed by atoms with Gasteiger partial charge in [0.2, 0.25) is 5.78 Å². The first kappa shape index (κ1) is 12.8. The second-order valence-corrected chi connectivity index (χ2v) is 6.50. The Morgan fingerprint density at radius 3 is 3.00 bits per heavy atom. The number of carbonyl (C=O) groups excluding carboxylic acids is 1. The van der Waals surface area contributed by atoms with Gasteiger partial charge in [-0.15, -0.1) is 0 Å². The van der Waals surface area contributed by atoms with Crippen molar-refractivity contribution in [1.82, 2.24) is 19.7 Å². The summed E-state index contributed by atoms with van der Waals surface area (Å²) in [5.74, 6) is -0.0354. The van der Waals surface area contributed by atoms with Gasteiger partial charge in [-0.3, -0.25) is 9.20 Å². The molecule has 2 aromatic rings. The Hall–Kier alpha value is -2.22. The van der Waals surface area contributed by atoms with E-state index in [2.05, 4.69) is 15.3 Å². The lowest BCUT2D eigenvalue weighted by molar-refractivity contribution is 0.0941. The zero-order chi connectivity index (χ0) is 14.3. The number of hydrogen-bond donors (Lipinski definition) is 1. The Balaban J connectivity index is 1.90. The minimum atomic E-state index is -3.19. The molecule has 1 aliphatic rings. The molecule has 1 atom stereocenters. The molecule has 1 aliphatic heterocycles. The predicted octanol–water partition coefficient (Wildman–Crippen LogP) is 0.0782. The number of fused-ring (bicyclic) bond motifs is 1. The van der Waals surface area contributed by atoms with Crippen molar-refractivity contribution < 1.29 is 13.2 Å². The molecule has 8 heteroatoms. The van der Waals surface area contributed by atoms with Crippen molar-refractivity contribution in [1.29, 1.82) is 0 Å². The topological polar surface area (TPSA) is 93.4 Å². The Labute approximate surface area is 115 Å². The fourth-order valence-corrected chi connectivity index (χ4v) is 3.41. The Bertz CT molecular complexity index is 822. The molecule has 0 saturated heterocycles. The van der Waals surface area contributed by atoms with E-state index in [0.717, 1.165) is 5.41 Å². The summed E-state index contributed by atoms with van der Waals surface area (Å²) in [5.41, 5.74) is 0.914. The van der Waals surface area contributed by atoms with Gasteiger partial charge in [0.05, 0.1) is 17.5 Å². The quantitative estimate of drug-likeness (QED) is 0.846. The van der Waals surface area contributed by atoms with E-state index in [9.17, 15) is 13.2 Å². The summed E-state index contributed by atoms with van der Waals surface area (Å²) in [6, 6.07) is 1.19. The van der Waals surface area contributed by atoms with Gasteiger partial charge < -0.3 is 5.32 Å². The largest absolute Gasteiger partial charge is 0.343 e. The first-order chi connectivity index (χ1) is 9.46. The van der Waals surface area contributed by atoms with Gasteiger partial charge in [-0.2, -0.15) is 0 Å². The lowest BCUT2D eigenvalue weighted by Crippen LogP contribution is -2.36. The number of rotatable bonds is 2. The van der Waals surface area contributed by atoms with Gasteiger partial charge in [0, 0.05) is 17.8 Å². The number of aromatic nitrogens is 3. The zero-order valence-electron chi connectivity index (χ0n) is 10.6. The molecule has 0 bridgehead atoms. The maximum Gasteiger partial charge on any atom is 0.270 e.